The van der Waals surface area contributed by atoms with E-state index < -0.39 is 0 Å². The first-order valence-electron chi connectivity index (χ1n) is 19.7. The molecule has 0 fully saturated rings. The SMILES string of the molecule is C=C(C)c1ccc(-n2c(-c3ccc4ccccc4c3C)c(C(C)CC)c3ccccc32)cc1.CCCc1ccccc1C(C)CC.Cc1ccccc1. The molecule has 0 amide bonds. The minimum Gasteiger partial charge on any atom is -0.309 e. The largest absolute Gasteiger partial charge is 0.309 e. The average molecular weight is 698 g/mol. The van der Waals surface area contributed by atoms with Crippen molar-refractivity contribution in [2.75, 3.05) is 0 Å². The van der Waals surface area contributed by atoms with Gasteiger partial charge in [-0.15, -0.1) is 0 Å². The molecule has 0 aliphatic rings. The lowest BCUT2D eigenvalue weighted by Crippen LogP contribution is -2.02. The third kappa shape index (κ3) is 9.09. The standard InChI is InChI=1S/C32H31N.C13H20.C7H8/c1-6-22(4)31-29-13-9-10-14-30(29)33(26-18-15-24(16-19-26)21(2)3)32(31)28-20-17-25-11-7-8-12-27(25)23(28)5;1-4-8-12-9-6-7-10-13(12)11(3)5-2;1-7-5-3-2-4-6-7/h7-20,22H,2,6H2,1,3-5H3;6-7,9-11H,4-5,8H2,1-3H3;2-6H,1H3. The Labute approximate surface area is 320 Å². The lowest BCUT2D eigenvalue weighted by Gasteiger charge is -2.19. The number of aromatic nitrogens is 1. The van der Waals surface area contributed by atoms with Crippen LogP contribution >= 0.6 is 0 Å². The summed E-state index contributed by atoms with van der Waals surface area (Å²) in [5.74, 6) is 1.16. The Morgan fingerprint density at radius 2 is 1.23 bits per heavy atom. The number of para-hydroxylation sites is 1. The molecule has 0 radical (unpaired) electrons. The minimum atomic E-state index is 0.451. The van der Waals surface area contributed by atoms with Crippen molar-refractivity contribution in [1.29, 1.82) is 0 Å². The van der Waals surface area contributed by atoms with Gasteiger partial charge >= 0.3 is 0 Å². The van der Waals surface area contributed by atoms with Crippen molar-refractivity contribution < 1.29 is 0 Å². The number of rotatable bonds is 9. The molecular formula is C52H59N. The van der Waals surface area contributed by atoms with Crippen LogP contribution in [0.5, 0.6) is 0 Å². The Morgan fingerprint density at radius 1 is 0.623 bits per heavy atom. The van der Waals surface area contributed by atoms with Crippen molar-refractivity contribution in [2.24, 2.45) is 0 Å². The van der Waals surface area contributed by atoms with Crippen molar-refractivity contribution in [3.63, 3.8) is 0 Å². The second-order valence-corrected chi connectivity index (χ2v) is 14.6. The first-order chi connectivity index (χ1) is 25.7. The zero-order valence-corrected chi connectivity index (χ0v) is 33.4. The van der Waals surface area contributed by atoms with Gasteiger partial charge in [-0.3, -0.25) is 0 Å². The van der Waals surface area contributed by atoms with Gasteiger partial charge in [0.25, 0.3) is 0 Å². The van der Waals surface area contributed by atoms with Gasteiger partial charge in [-0.25, -0.2) is 0 Å². The number of hydrogen-bond donors (Lipinski definition) is 0. The molecule has 0 saturated heterocycles. The molecule has 1 heterocycles. The molecule has 7 rings (SSSR count). The van der Waals surface area contributed by atoms with Gasteiger partial charge in [0.1, 0.15) is 0 Å². The molecule has 2 atom stereocenters. The lowest BCUT2D eigenvalue weighted by molar-refractivity contribution is 0.718. The molecule has 0 saturated carbocycles. The summed E-state index contributed by atoms with van der Waals surface area (Å²) in [6, 6.07) is 50.1. The van der Waals surface area contributed by atoms with Gasteiger partial charge < -0.3 is 4.57 Å². The Hall–Kier alpha value is -5.14. The molecule has 7 aromatic rings. The molecule has 0 N–H and O–H groups in total. The quantitative estimate of drug-likeness (QED) is 0.141. The van der Waals surface area contributed by atoms with Crippen molar-refractivity contribution in [3.05, 3.63) is 179 Å². The van der Waals surface area contributed by atoms with Gasteiger partial charge in [0.05, 0.1) is 11.2 Å². The fourth-order valence-corrected chi connectivity index (χ4v) is 7.35. The van der Waals surface area contributed by atoms with Crippen LogP contribution in [-0.4, -0.2) is 4.57 Å². The molecule has 1 aromatic heterocycles. The van der Waals surface area contributed by atoms with E-state index in [1.54, 1.807) is 11.1 Å². The molecule has 6 aromatic carbocycles. The van der Waals surface area contributed by atoms with Crippen molar-refractivity contribution in [3.8, 4) is 16.9 Å². The zero-order valence-electron chi connectivity index (χ0n) is 33.4. The molecule has 272 valence electrons. The fourth-order valence-electron chi connectivity index (χ4n) is 7.35. The van der Waals surface area contributed by atoms with Crippen LogP contribution in [0, 0.1) is 13.8 Å². The summed E-state index contributed by atoms with van der Waals surface area (Å²) in [5.41, 5.74) is 14.5. The highest BCUT2D eigenvalue weighted by molar-refractivity contribution is 5.98. The Kier molecular flexibility index (Phi) is 13.7. The highest BCUT2D eigenvalue weighted by atomic mass is 15.0. The zero-order chi connectivity index (χ0) is 37.9. The lowest BCUT2D eigenvalue weighted by atomic mass is 9.90. The minimum absolute atomic E-state index is 0.451. The highest BCUT2D eigenvalue weighted by Crippen LogP contribution is 2.43. The van der Waals surface area contributed by atoms with E-state index in [0.29, 0.717) is 11.8 Å². The smallest absolute Gasteiger partial charge is 0.0578 e. The van der Waals surface area contributed by atoms with Gasteiger partial charge in [0.2, 0.25) is 0 Å². The molecule has 0 aliphatic carbocycles. The number of nitrogens with zero attached hydrogens (tertiary/aromatic N) is 1. The van der Waals surface area contributed by atoms with Crippen LogP contribution in [0.4, 0.5) is 0 Å². The van der Waals surface area contributed by atoms with Crippen LogP contribution in [0.25, 0.3) is 44.2 Å². The van der Waals surface area contributed by atoms with Gasteiger partial charge in [-0.1, -0.05) is 180 Å². The first kappa shape index (κ1) is 39.1. The van der Waals surface area contributed by atoms with E-state index in [0.717, 1.165) is 12.0 Å². The Balaban J connectivity index is 0.000000221. The summed E-state index contributed by atoms with van der Waals surface area (Å²) in [7, 11) is 0. The van der Waals surface area contributed by atoms with Crippen LogP contribution in [0.3, 0.4) is 0 Å². The van der Waals surface area contributed by atoms with E-state index >= 15 is 0 Å². The molecule has 1 nitrogen and oxygen atoms in total. The van der Waals surface area contributed by atoms with Crippen LogP contribution in [-0.2, 0) is 6.42 Å². The maximum Gasteiger partial charge on any atom is 0.0578 e. The summed E-state index contributed by atoms with van der Waals surface area (Å²) in [4.78, 5) is 0. The van der Waals surface area contributed by atoms with Crippen molar-refractivity contribution >= 4 is 27.2 Å². The second kappa shape index (κ2) is 18.6. The number of benzene rings is 6. The Bertz CT molecular complexity index is 2230. The molecule has 0 aliphatic heterocycles. The topological polar surface area (TPSA) is 4.93 Å². The van der Waals surface area contributed by atoms with Crippen molar-refractivity contribution in [1.82, 2.24) is 4.57 Å². The van der Waals surface area contributed by atoms with Gasteiger partial charge in [-0.2, -0.15) is 0 Å². The predicted octanol–water partition coefficient (Wildman–Crippen LogP) is 15.5. The van der Waals surface area contributed by atoms with Crippen LogP contribution in [0.15, 0.2) is 146 Å². The number of aryl methyl sites for hydroxylation is 3. The maximum absolute atomic E-state index is 4.11. The van der Waals surface area contributed by atoms with Crippen LogP contribution in [0.2, 0.25) is 0 Å². The summed E-state index contributed by atoms with van der Waals surface area (Å²) < 4.78 is 2.47. The molecule has 53 heavy (non-hydrogen) atoms. The normalized spacial score (nSPS) is 12.0. The second-order valence-electron chi connectivity index (χ2n) is 14.6. The third-order valence-electron chi connectivity index (χ3n) is 10.7. The number of allylic oxidation sites excluding steroid dienone is 1. The monoisotopic (exact) mass is 697 g/mol. The highest BCUT2D eigenvalue weighted by Gasteiger charge is 2.24. The average Bonchev–Trinajstić information content (AvgIpc) is 3.53. The van der Waals surface area contributed by atoms with E-state index in [2.05, 4.69) is 188 Å². The van der Waals surface area contributed by atoms with Crippen LogP contribution < -0.4 is 0 Å². The van der Waals surface area contributed by atoms with Crippen molar-refractivity contribution in [2.45, 2.75) is 92.9 Å². The van der Waals surface area contributed by atoms with Gasteiger partial charge in [-0.05, 0) is 109 Å². The molecule has 2 unspecified atom stereocenters. The molecule has 1 heteroatoms. The van der Waals surface area contributed by atoms with E-state index in [1.165, 1.54) is 80.1 Å². The maximum atomic E-state index is 4.11. The van der Waals surface area contributed by atoms with E-state index in [-0.39, 0.29) is 0 Å². The number of fused-ring (bicyclic) bond motifs is 2. The van der Waals surface area contributed by atoms with Crippen LogP contribution in [0.1, 0.15) is 106 Å². The fraction of sp³-hybridized carbons (Fsp3) is 0.269. The van der Waals surface area contributed by atoms with E-state index in [9.17, 15) is 0 Å². The summed E-state index contributed by atoms with van der Waals surface area (Å²) in [5, 5.41) is 3.95. The predicted molar refractivity (Wildman–Crippen MR) is 235 cm³/mol. The number of hydrogen-bond acceptors (Lipinski definition) is 0. The van der Waals surface area contributed by atoms with Gasteiger partial charge in [0.15, 0.2) is 0 Å². The Morgan fingerprint density at radius 3 is 1.85 bits per heavy atom. The summed E-state index contributed by atoms with van der Waals surface area (Å²) >= 11 is 0. The summed E-state index contributed by atoms with van der Waals surface area (Å²) in [6.45, 7) is 22.0. The first-order valence-corrected chi connectivity index (χ1v) is 19.7. The molecule has 0 spiro atoms. The third-order valence-corrected chi connectivity index (χ3v) is 10.7. The summed E-state index contributed by atoms with van der Waals surface area (Å²) in [6.07, 6.45) is 4.80. The van der Waals surface area contributed by atoms with E-state index in [1.807, 2.05) is 18.2 Å². The van der Waals surface area contributed by atoms with Gasteiger partial charge in [0, 0.05) is 16.6 Å². The molecular weight excluding hydrogens is 639 g/mol. The van der Waals surface area contributed by atoms with E-state index in [4.69, 9.17) is 0 Å². The molecule has 0 bridgehead atoms.